The van der Waals surface area contributed by atoms with Crippen LogP contribution in [0.4, 0.5) is 4.39 Å². The maximum Gasteiger partial charge on any atom is 0.253 e. The van der Waals surface area contributed by atoms with Crippen LogP contribution in [0.15, 0.2) is 42.6 Å². The van der Waals surface area contributed by atoms with Crippen molar-refractivity contribution < 1.29 is 14.0 Å². The first-order chi connectivity index (χ1) is 13.0. The largest absolute Gasteiger partial charge is 0.356 e. The number of benzene rings is 1. The number of halogens is 1. The van der Waals surface area contributed by atoms with Crippen LogP contribution in [0.2, 0.25) is 0 Å². The highest BCUT2D eigenvalue weighted by atomic mass is 19.1. The van der Waals surface area contributed by atoms with Gasteiger partial charge in [0.05, 0.1) is 11.3 Å². The Balaban J connectivity index is 1.52. The van der Waals surface area contributed by atoms with Crippen LogP contribution in [0, 0.1) is 11.7 Å². The maximum absolute atomic E-state index is 13.3. The zero-order valence-corrected chi connectivity index (χ0v) is 15.4. The third-order valence-corrected chi connectivity index (χ3v) is 4.97. The van der Waals surface area contributed by atoms with Crippen LogP contribution < -0.4 is 10.6 Å². The van der Waals surface area contributed by atoms with Crippen LogP contribution in [0.3, 0.4) is 0 Å². The van der Waals surface area contributed by atoms with Crippen molar-refractivity contribution in [3.8, 4) is 11.3 Å². The van der Waals surface area contributed by atoms with Crippen molar-refractivity contribution in [2.45, 2.75) is 38.6 Å². The number of hydrogen-bond acceptors (Lipinski definition) is 3. The number of carbonyl (C=O) groups excluding carboxylic acids is 2. The van der Waals surface area contributed by atoms with E-state index in [0.29, 0.717) is 29.3 Å². The van der Waals surface area contributed by atoms with Gasteiger partial charge in [0.2, 0.25) is 5.91 Å². The highest BCUT2D eigenvalue weighted by Gasteiger charge is 2.23. The van der Waals surface area contributed by atoms with Gasteiger partial charge < -0.3 is 10.6 Å². The Morgan fingerprint density at radius 1 is 1.15 bits per heavy atom. The fraction of sp³-hybridized carbons (Fsp3) is 0.381. The summed E-state index contributed by atoms with van der Waals surface area (Å²) in [6, 6.07) is 9.81. The smallest absolute Gasteiger partial charge is 0.253 e. The fourth-order valence-electron chi connectivity index (χ4n) is 3.41. The SMILES string of the molecule is CC(=O)NCC1CCC(NC(=O)c2ccc(-c3cccc(F)c3)nc2)CC1. The average molecular weight is 369 g/mol. The second-order valence-electron chi connectivity index (χ2n) is 7.07. The normalized spacial score (nSPS) is 19.3. The van der Waals surface area contributed by atoms with E-state index in [1.165, 1.54) is 25.3 Å². The molecule has 27 heavy (non-hydrogen) atoms. The predicted octanol–water partition coefficient (Wildman–Crippen LogP) is 3.31. The number of pyridine rings is 1. The first-order valence-electron chi connectivity index (χ1n) is 9.28. The van der Waals surface area contributed by atoms with Crippen molar-refractivity contribution in [1.82, 2.24) is 15.6 Å². The van der Waals surface area contributed by atoms with Gasteiger partial charge in [-0.3, -0.25) is 14.6 Å². The average Bonchev–Trinajstić information content (AvgIpc) is 2.67. The molecular weight excluding hydrogens is 345 g/mol. The van der Waals surface area contributed by atoms with E-state index in [1.807, 2.05) is 0 Å². The Kier molecular flexibility index (Phi) is 6.16. The molecule has 1 aromatic carbocycles. The molecule has 5 nitrogen and oxygen atoms in total. The topological polar surface area (TPSA) is 71.1 Å². The van der Waals surface area contributed by atoms with E-state index in [-0.39, 0.29) is 23.7 Å². The Hall–Kier alpha value is -2.76. The summed E-state index contributed by atoms with van der Waals surface area (Å²) in [5.74, 6) is 0.0257. The van der Waals surface area contributed by atoms with Crippen LogP contribution in [-0.2, 0) is 4.79 Å². The van der Waals surface area contributed by atoms with E-state index in [0.717, 1.165) is 25.7 Å². The summed E-state index contributed by atoms with van der Waals surface area (Å²) >= 11 is 0. The summed E-state index contributed by atoms with van der Waals surface area (Å²) in [7, 11) is 0. The van der Waals surface area contributed by atoms with Gasteiger partial charge in [-0.2, -0.15) is 0 Å². The third-order valence-electron chi connectivity index (χ3n) is 4.97. The van der Waals surface area contributed by atoms with Gasteiger partial charge in [0, 0.05) is 31.3 Å². The molecule has 0 unspecified atom stereocenters. The molecule has 0 bridgehead atoms. The maximum atomic E-state index is 13.3. The Labute approximate surface area is 158 Å². The summed E-state index contributed by atoms with van der Waals surface area (Å²) in [6.45, 7) is 2.24. The minimum absolute atomic E-state index is 0.000357. The van der Waals surface area contributed by atoms with Crippen molar-refractivity contribution in [3.05, 3.63) is 54.0 Å². The van der Waals surface area contributed by atoms with Crippen LogP contribution in [-0.4, -0.2) is 29.4 Å². The van der Waals surface area contributed by atoms with Crippen LogP contribution in [0.25, 0.3) is 11.3 Å². The van der Waals surface area contributed by atoms with Crippen molar-refractivity contribution >= 4 is 11.8 Å². The molecule has 3 rings (SSSR count). The molecule has 1 aliphatic rings. The summed E-state index contributed by atoms with van der Waals surface area (Å²) in [5, 5.41) is 5.92. The van der Waals surface area contributed by atoms with Gasteiger partial charge in [-0.1, -0.05) is 12.1 Å². The molecule has 6 heteroatoms. The highest BCUT2D eigenvalue weighted by Crippen LogP contribution is 2.24. The molecule has 1 saturated carbocycles. The Bertz CT molecular complexity index is 799. The van der Waals surface area contributed by atoms with E-state index in [4.69, 9.17) is 0 Å². The monoisotopic (exact) mass is 369 g/mol. The summed E-state index contributed by atoms with van der Waals surface area (Å²) in [6.07, 6.45) is 5.32. The minimum atomic E-state index is -0.315. The predicted molar refractivity (Wildman–Crippen MR) is 102 cm³/mol. The van der Waals surface area contributed by atoms with Gasteiger partial charge in [0.25, 0.3) is 5.91 Å². The Morgan fingerprint density at radius 3 is 2.56 bits per heavy atom. The first kappa shape index (κ1) is 19.0. The first-order valence-corrected chi connectivity index (χ1v) is 9.28. The van der Waals surface area contributed by atoms with Crippen molar-refractivity contribution in [1.29, 1.82) is 0 Å². The van der Waals surface area contributed by atoms with Gasteiger partial charge in [-0.25, -0.2) is 4.39 Å². The second kappa shape index (κ2) is 8.75. The second-order valence-corrected chi connectivity index (χ2v) is 7.07. The van der Waals surface area contributed by atoms with E-state index in [1.54, 1.807) is 24.3 Å². The zero-order valence-electron chi connectivity index (χ0n) is 15.4. The van der Waals surface area contributed by atoms with Crippen molar-refractivity contribution in [2.75, 3.05) is 6.54 Å². The molecule has 2 aromatic rings. The molecule has 0 aliphatic heterocycles. The van der Waals surface area contributed by atoms with Crippen LogP contribution in [0.5, 0.6) is 0 Å². The lowest BCUT2D eigenvalue weighted by Crippen LogP contribution is -2.39. The molecule has 2 N–H and O–H groups in total. The van der Waals surface area contributed by atoms with E-state index in [2.05, 4.69) is 15.6 Å². The lowest BCUT2D eigenvalue weighted by Gasteiger charge is -2.29. The molecule has 0 spiro atoms. The van der Waals surface area contributed by atoms with Crippen molar-refractivity contribution in [2.24, 2.45) is 5.92 Å². The minimum Gasteiger partial charge on any atom is -0.356 e. The molecule has 1 aromatic heterocycles. The van der Waals surface area contributed by atoms with E-state index >= 15 is 0 Å². The molecule has 142 valence electrons. The Morgan fingerprint density at radius 2 is 1.93 bits per heavy atom. The number of amides is 2. The summed E-state index contributed by atoms with van der Waals surface area (Å²) < 4.78 is 13.3. The van der Waals surface area contributed by atoms with Crippen LogP contribution >= 0.6 is 0 Å². The van der Waals surface area contributed by atoms with Crippen molar-refractivity contribution in [3.63, 3.8) is 0 Å². The molecule has 2 amide bonds. The number of nitrogens with zero attached hydrogens (tertiary/aromatic N) is 1. The zero-order chi connectivity index (χ0) is 19.2. The van der Waals surface area contributed by atoms with Gasteiger partial charge in [0.1, 0.15) is 5.82 Å². The molecule has 1 aliphatic carbocycles. The summed E-state index contributed by atoms with van der Waals surface area (Å²) in [5.41, 5.74) is 1.81. The van der Waals surface area contributed by atoms with Gasteiger partial charge in [-0.15, -0.1) is 0 Å². The molecule has 0 radical (unpaired) electrons. The molecule has 1 fully saturated rings. The number of rotatable bonds is 5. The van der Waals surface area contributed by atoms with Gasteiger partial charge >= 0.3 is 0 Å². The number of nitrogens with one attached hydrogen (secondary N) is 2. The molecule has 0 saturated heterocycles. The summed E-state index contributed by atoms with van der Waals surface area (Å²) in [4.78, 5) is 27.7. The van der Waals surface area contributed by atoms with E-state index in [9.17, 15) is 14.0 Å². The third kappa shape index (κ3) is 5.36. The number of aromatic nitrogens is 1. The molecule has 0 atom stereocenters. The fourth-order valence-corrected chi connectivity index (χ4v) is 3.41. The molecule has 1 heterocycles. The highest BCUT2D eigenvalue weighted by molar-refractivity contribution is 5.94. The van der Waals surface area contributed by atoms with E-state index < -0.39 is 0 Å². The molecular formula is C21H24FN3O2. The number of hydrogen-bond donors (Lipinski definition) is 2. The van der Waals surface area contributed by atoms with Gasteiger partial charge in [-0.05, 0) is 55.9 Å². The van der Waals surface area contributed by atoms with Crippen LogP contribution in [0.1, 0.15) is 43.0 Å². The lowest BCUT2D eigenvalue weighted by atomic mass is 9.86. The lowest BCUT2D eigenvalue weighted by molar-refractivity contribution is -0.119. The standard InChI is InChI=1S/C21H24FN3O2/c1-14(26)23-12-15-5-8-19(9-6-15)25-21(27)17-7-10-20(24-13-17)16-3-2-4-18(22)11-16/h2-4,7,10-11,13,15,19H,5-6,8-9,12H2,1H3,(H,23,26)(H,25,27). The number of carbonyl (C=O) groups is 2. The quantitative estimate of drug-likeness (QED) is 0.849. The van der Waals surface area contributed by atoms with Gasteiger partial charge in [0.15, 0.2) is 0 Å².